The Hall–Kier alpha value is -2.88. The van der Waals surface area contributed by atoms with Crippen LogP contribution >= 0.6 is 0 Å². The first-order valence-corrected chi connectivity index (χ1v) is 6.44. The average molecular weight is 281 g/mol. The molecule has 4 heteroatoms. The molecule has 2 rings (SSSR count). The van der Waals surface area contributed by atoms with Crippen LogP contribution in [-0.2, 0) is 4.79 Å². The van der Waals surface area contributed by atoms with Gasteiger partial charge in [-0.1, -0.05) is 36.4 Å². The Morgan fingerprint density at radius 2 is 1.81 bits per heavy atom. The van der Waals surface area contributed by atoms with Crippen LogP contribution in [0.2, 0.25) is 0 Å². The summed E-state index contributed by atoms with van der Waals surface area (Å²) in [6.45, 7) is 1.71. The van der Waals surface area contributed by atoms with Gasteiger partial charge in [-0.05, 0) is 36.3 Å². The van der Waals surface area contributed by atoms with Gasteiger partial charge in [0, 0.05) is 11.8 Å². The molecule has 0 aliphatic carbocycles. The Bertz CT molecular complexity index is 690. The molecule has 0 spiro atoms. The van der Waals surface area contributed by atoms with Gasteiger partial charge >= 0.3 is 5.97 Å². The molecule has 2 N–H and O–H groups in total. The first-order chi connectivity index (χ1) is 10.1. The number of hydrogen-bond donors (Lipinski definition) is 2. The zero-order valence-electron chi connectivity index (χ0n) is 11.5. The molecule has 2 aromatic rings. The Kier molecular flexibility index (Phi) is 4.51. The average Bonchev–Trinajstić information content (AvgIpc) is 2.48. The third-order valence-corrected chi connectivity index (χ3v) is 2.96. The molecule has 0 unspecified atom stereocenters. The number of carbonyl (C=O) groups is 2. The first-order valence-electron chi connectivity index (χ1n) is 6.44. The molecule has 0 saturated carbocycles. The van der Waals surface area contributed by atoms with Crippen molar-refractivity contribution >= 4 is 23.6 Å². The highest BCUT2D eigenvalue weighted by Gasteiger charge is 2.08. The minimum atomic E-state index is -1.01. The van der Waals surface area contributed by atoms with Gasteiger partial charge in [-0.25, -0.2) is 4.79 Å². The molecule has 2 aromatic carbocycles. The molecule has 0 aliphatic rings. The van der Waals surface area contributed by atoms with Crippen LogP contribution in [0.3, 0.4) is 0 Å². The van der Waals surface area contributed by atoms with Gasteiger partial charge in [0.1, 0.15) is 0 Å². The van der Waals surface area contributed by atoms with Crippen molar-refractivity contribution in [3.63, 3.8) is 0 Å². The molecule has 21 heavy (non-hydrogen) atoms. The van der Waals surface area contributed by atoms with E-state index in [4.69, 9.17) is 5.11 Å². The molecule has 0 aliphatic heterocycles. The lowest BCUT2D eigenvalue weighted by Gasteiger charge is -2.06. The summed E-state index contributed by atoms with van der Waals surface area (Å²) >= 11 is 0. The van der Waals surface area contributed by atoms with Gasteiger partial charge < -0.3 is 10.4 Å². The molecule has 0 atom stereocenters. The molecule has 0 bridgehead atoms. The second kappa shape index (κ2) is 6.52. The Balaban J connectivity index is 2.08. The summed E-state index contributed by atoms with van der Waals surface area (Å²) in [7, 11) is 0. The van der Waals surface area contributed by atoms with E-state index in [0.29, 0.717) is 11.3 Å². The number of carbonyl (C=O) groups excluding carboxylic acids is 1. The lowest BCUT2D eigenvalue weighted by Crippen LogP contribution is -2.09. The minimum absolute atomic E-state index is 0.180. The number of hydrogen-bond acceptors (Lipinski definition) is 2. The summed E-state index contributed by atoms with van der Waals surface area (Å²) in [5, 5.41) is 11.7. The fourth-order valence-electron chi connectivity index (χ4n) is 1.85. The van der Waals surface area contributed by atoms with Crippen molar-refractivity contribution in [1.82, 2.24) is 0 Å². The number of benzene rings is 2. The van der Waals surface area contributed by atoms with E-state index in [-0.39, 0.29) is 11.5 Å². The molecular formula is C17H15NO3. The molecule has 106 valence electrons. The Morgan fingerprint density at radius 1 is 1.10 bits per heavy atom. The Morgan fingerprint density at radius 3 is 2.48 bits per heavy atom. The van der Waals surface area contributed by atoms with E-state index < -0.39 is 5.97 Å². The van der Waals surface area contributed by atoms with Crippen LogP contribution in [0.1, 0.15) is 21.5 Å². The minimum Gasteiger partial charge on any atom is -0.478 e. The fraction of sp³-hybridized carbons (Fsp3) is 0.0588. The number of amides is 1. The highest BCUT2D eigenvalue weighted by Crippen LogP contribution is 2.15. The van der Waals surface area contributed by atoms with Crippen LogP contribution in [0.5, 0.6) is 0 Å². The summed E-state index contributed by atoms with van der Waals surface area (Å²) in [4.78, 5) is 22.9. The van der Waals surface area contributed by atoms with Gasteiger partial charge in [0.15, 0.2) is 0 Å². The number of carboxylic acid groups (broad SMARTS) is 1. The fourth-order valence-corrected chi connectivity index (χ4v) is 1.85. The predicted octanol–water partition coefficient (Wildman–Crippen LogP) is 3.35. The van der Waals surface area contributed by atoms with Gasteiger partial charge in [0.2, 0.25) is 5.91 Å². The topological polar surface area (TPSA) is 66.4 Å². The van der Waals surface area contributed by atoms with Crippen LogP contribution < -0.4 is 5.32 Å². The van der Waals surface area contributed by atoms with Crippen LogP contribution in [0.4, 0.5) is 5.69 Å². The maximum atomic E-state index is 11.8. The standard InChI is InChI=1S/C17H15NO3/c1-12-7-9-14(11-15(12)17(20)21)18-16(19)10-8-13-5-3-2-4-6-13/h2-11H,1H3,(H,18,19)(H,20,21). The largest absolute Gasteiger partial charge is 0.478 e. The van der Waals surface area contributed by atoms with Crippen LogP contribution in [-0.4, -0.2) is 17.0 Å². The molecule has 4 nitrogen and oxygen atoms in total. The van der Waals surface area contributed by atoms with Crippen molar-refractivity contribution in [3.8, 4) is 0 Å². The zero-order valence-corrected chi connectivity index (χ0v) is 11.5. The second-order valence-electron chi connectivity index (χ2n) is 4.57. The van der Waals surface area contributed by atoms with Crippen LogP contribution in [0, 0.1) is 6.92 Å². The smallest absolute Gasteiger partial charge is 0.336 e. The van der Waals surface area contributed by atoms with E-state index in [0.717, 1.165) is 5.56 Å². The maximum absolute atomic E-state index is 11.8. The number of aromatic carboxylic acids is 1. The Labute approximate surface area is 122 Å². The van der Waals surface area contributed by atoms with E-state index in [1.54, 1.807) is 25.1 Å². The lowest BCUT2D eigenvalue weighted by atomic mass is 10.1. The molecule has 0 saturated heterocycles. The molecular weight excluding hydrogens is 266 g/mol. The van der Waals surface area contributed by atoms with E-state index in [9.17, 15) is 9.59 Å². The molecule has 0 radical (unpaired) electrons. The van der Waals surface area contributed by atoms with Crippen LogP contribution in [0.25, 0.3) is 6.08 Å². The molecule has 0 heterocycles. The van der Waals surface area contributed by atoms with Gasteiger partial charge in [0.25, 0.3) is 0 Å². The van der Waals surface area contributed by atoms with Crippen molar-refractivity contribution in [2.45, 2.75) is 6.92 Å². The molecule has 1 amide bonds. The summed E-state index contributed by atoms with van der Waals surface area (Å²) in [6, 6.07) is 14.2. The van der Waals surface area contributed by atoms with Gasteiger partial charge in [-0.3, -0.25) is 4.79 Å². The third kappa shape index (κ3) is 4.04. The maximum Gasteiger partial charge on any atom is 0.336 e. The number of nitrogens with one attached hydrogen (secondary N) is 1. The van der Waals surface area contributed by atoms with Crippen molar-refractivity contribution in [3.05, 3.63) is 71.3 Å². The summed E-state index contributed by atoms with van der Waals surface area (Å²) < 4.78 is 0. The number of rotatable bonds is 4. The number of carboxylic acids is 1. The normalized spacial score (nSPS) is 10.5. The van der Waals surface area contributed by atoms with Gasteiger partial charge in [-0.2, -0.15) is 0 Å². The van der Waals surface area contributed by atoms with Gasteiger partial charge in [0.05, 0.1) is 5.56 Å². The van der Waals surface area contributed by atoms with Crippen LogP contribution in [0.15, 0.2) is 54.6 Å². The highest BCUT2D eigenvalue weighted by molar-refractivity contribution is 6.02. The SMILES string of the molecule is Cc1ccc(NC(=O)C=Cc2ccccc2)cc1C(=O)O. The third-order valence-electron chi connectivity index (χ3n) is 2.96. The zero-order chi connectivity index (χ0) is 15.2. The second-order valence-corrected chi connectivity index (χ2v) is 4.57. The summed E-state index contributed by atoms with van der Waals surface area (Å²) in [5.74, 6) is -1.32. The summed E-state index contributed by atoms with van der Waals surface area (Å²) in [5.41, 5.74) is 2.21. The van der Waals surface area contributed by atoms with E-state index in [1.165, 1.54) is 12.1 Å². The highest BCUT2D eigenvalue weighted by atomic mass is 16.4. The van der Waals surface area contributed by atoms with E-state index >= 15 is 0 Å². The van der Waals surface area contributed by atoms with Crippen molar-refractivity contribution in [1.29, 1.82) is 0 Å². The monoisotopic (exact) mass is 281 g/mol. The molecule has 0 fully saturated rings. The van der Waals surface area contributed by atoms with Crippen molar-refractivity contribution in [2.24, 2.45) is 0 Å². The predicted molar refractivity (Wildman–Crippen MR) is 82.2 cm³/mol. The van der Waals surface area contributed by atoms with E-state index in [2.05, 4.69) is 5.32 Å². The number of anilines is 1. The molecule has 0 aromatic heterocycles. The number of aryl methyl sites for hydroxylation is 1. The first kappa shape index (κ1) is 14.5. The lowest BCUT2D eigenvalue weighted by molar-refractivity contribution is -0.111. The summed E-state index contributed by atoms with van der Waals surface area (Å²) in [6.07, 6.45) is 3.11. The van der Waals surface area contributed by atoms with E-state index in [1.807, 2.05) is 30.3 Å². The van der Waals surface area contributed by atoms with Crippen molar-refractivity contribution in [2.75, 3.05) is 5.32 Å². The van der Waals surface area contributed by atoms with Crippen molar-refractivity contribution < 1.29 is 14.7 Å². The van der Waals surface area contributed by atoms with Gasteiger partial charge in [-0.15, -0.1) is 0 Å². The quantitative estimate of drug-likeness (QED) is 0.845.